The van der Waals surface area contributed by atoms with Gasteiger partial charge in [0.05, 0.1) is 12.5 Å². The molecular weight excluding hydrogens is 360 g/mol. The van der Waals surface area contributed by atoms with Crippen molar-refractivity contribution >= 4 is 28.3 Å². The van der Waals surface area contributed by atoms with Crippen molar-refractivity contribution in [1.29, 1.82) is 0 Å². The van der Waals surface area contributed by atoms with Gasteiger partial charge in [0, 0.05) is 17.3 Å². The second-order valence-electron chi connectivity index (χ2n) is 6.19. The molecule has 1 amide bonds. The minimum Gasteiger partial charge on any atom is -0.481 e. The molecule has 0 spiro atoms. The molecule has 7 heteroatoms. The molecule has 0 aliphatic carbocycles. The van der Waals surface area contributed by atoms with Crippen LogP contribution in [0.25, 0.3) is 10.8 Å². The van der Waals surface area contributed by atoms with Gasteiger partial charge in [-0.05, 0) is 36.8 Å². The van der Waals surface area contributed by atoms with Crippen LogP contribution in [0.3, 0.4) is 0 Å². The van der Waals surface area contributed by atoms with Gasteiger partial charge in [-0.25, -0.2) is 4.79 Å². The Morgan fingerprint density at radius 1 is 1.04 bits per heavy atom. The predicted molar refractivity (Wildman–Crippen MR) is 106 cm³/mol. The predicted octanol–water partition coefficient (Wildman–Crippen LogP) is 2.50. The number of methoxy groups -OCH3 is 1. The van der Waals surface area contributed by atoms with E-state index in [2.05, 4.69) is 10.1 Å². The number of aryl methyl sites for hydroxylation is 1. The van der Waals surface area contributed by atoms with E-state index in [1.165, 1.54) is 17.9 Å². The van der Waals surface area contributed by atoms with Crippen molar-refractivity contribution in [2.45, 2.75) is 13.5 Å². The van der Waals surface area contributed by atoms with Gasteiger partial charge in [-0.1, -0.05) is 24.3 Å². The van der Waals surface area contributed by atoms with E-state index >= 15 is 0 Å². The first-order chi connectivity index (χ1) is 13.5. The van der Waals surface area contributed by atoms with Gasteiger partial charge in [0.1, 0.15) is 12.3 Å². The summed E-state index contributed by atoms with van der Waals surface area (Å²) < 4.78 is 11.3. The smallest absolute Gasteiger partial charge is 0.343 e. The van der Waals surface area contributed by atoms with Crippen molar-refractivity contribution in [1.82, 2.24) is 4.57 Å². The lowest BCUT2D eigenvalue weighted by molar-refractivity contribution is -0.142. The summed E-state index contributed by atoms with van der Waals surface area (Å²) in [7, 11) is 1.27. The molecule has 1 N–H and O–H groups in total. The molecule has 1 heterocycles. The highest BCUT2D eigenvalue weighted by Gasteiger charge is 2.12. The van der Waals surface area contributed by atoms with Gasteiger partial charge in [-0.3, -0.25) is 9.59 Å². The van der Waals surface area contributed by atoms with E-state index in [1.807, 2.05) is 25.1 Å². The molecule has 0 bridgehead atoms. The van der Waals surface area contributed by atoms with E-state index in [4.69, 9.17) is 4.74 Å². The molecule has 0 saturated carbocycles. The van der Waals surface area contributed by atoms with E-state index in [0.29, 0.717) is 22.2 Å². The molecule has 28 heavy (non-hydrogen) atoms. The monoisotopic (exact) mass is 380 g/mol. The first-order valence-electron chi connectivity index (χ1n) is 8.67. The number of amides is 1. The molecule has 0 atom stereocenters. The third-order valence-electron chi connectivity index (χ3n) is 4.28. The highest BCUT2D eigenvalue weighted by molar-refractivity contribution is 5.92. The van der Waals surface area contributed by atoms with Crippen LogP contribution in [0.1, 0.15) is 5.56 Å². The van der Waals surface area contributed by atoms with Crippen LogP contribution in [0.4, 0.5) is 5.69 Å². The molecule has 144 valence electrons. The van der Waals surface area contributed by atoms with Crippen molar-refractivity contribution in [2.75, 3.05) is 19.0 Å². The Labute approximate surface area is 161 Å². The van der Waals surface area contributed by atoms with E-state index < -0.39 is 5.97 Å². The number of hydrogen-bond donors (Lipinski definition) is 1. The number of aromatic nitrogens is 1. The number of ether oxygens (including phenoxy) is 2. The first kappa shape index (κ1) is 19.2. The molecule has 3 aromatic rings. The Hall–Kier alpha value is -3.61. The first-order valence-corrected chi connectivity index (χ1v) is 8.67. The Kier molecular flexibility index (Phi) is 5.74. The van der Waals surface area contributed by atoms with Gasteiger partial charge >= 0.3 is 5.97 Å². The number of hydrogen-bond acceptors (Lipinski definition) is 5. The summed E-state index contributed by atoms with van der Waals surface area (Å²) in [6.07, 6.45) is 1.53. The second-order valence-corrected chi connectivity index (χ2v) is 6.19. The van der Waals surface area contributed by atoms with Crippen molar-refractivity contribution in [3.05, 3.63) is 70.6 Å². The zero-order chi connectivity index (χ0) is 20.1. The summed E-state index contributed by atoms with van der Waals surface area (Å²) in [4.78, 5) is 36.4. The van der Waals surface area contributed by atoms with E-state index in [1.54, 1.807) is 30.3 Å². The summed E-state index contributed by atoms with van der Waals surface area (Å²) in [5.74, 6) is -0.413. The minimum atomic E-state index is -0.516. The number of carbonyl (C=O) groups excluding carboxylic acids is 2. The largest absolute Gasteiger partial charge is 0.481 e. The van der Waals surface area contributed by atoms with E-state index in [9.17, 15) is 14.4 Å². The zero-order valence-electron chi connectivity index (χ0n) is 15.6. The van der Waals surface area contributed by atoms with Gasteiger partial charge in [-0.2, -0.15) is 0 Å². The number of benzene rings is 2. The van der Waals surface area contributed by atoms with Crippen molar-refractivity contribution in [3.8, 4) is 5.75 Å². The molecule has 0 aliphatic rings. The molecule has 0 unspecified atom stereocenters. The molecule has 0 fully saturated rings. The fourth-order valence-electron chi connectivity index (χ4n) is 2.79. The SMILES string of the molecule is COC(=O)COc1cccc2c(=O)n(CC(=O)Nc3ccccc3C)ccc12. The number of carbonyl (C=O) groups is 2. The van der Waals surface area contributed by atoms with Gasteiger partial charge < -0.3 is 19.4 Å². The summed E-state index contributed by atoms with van der Waals surface area (Å²) in [6.45, 7) is 1.53. The number of pyridine rings is 1. The molecular formula is C21H20N2O5. The summed E-state index contributed by atoms with van der Waals surface area (Å²) in [5.41, 5.74) is 1.33. The number of rotatable bonds is 6. The van der Waals surface area contributed by atoms with Crippen molar-refractivity contribution < 1.29 is 19.1 Å². The number of esters is 1. The van der Waals surface area contributed by atoms with Crippen LogP contribution in [0.5, 0.6) is 5.75 Å². The lowest BCUT2D eigenvalue weighted by Crippen LogP contribution is -2.27. The van der Waals surface area contributed by atoms with E-state index in [-0.39, 0.29) is 24.6 Å². The third-order valence-corrected chi connectivity index (χ3v) is 4.28. The van der Waals surface area contributed by atoms with Crippen LogP contribution in [-0.4, -0.2) is 30.2 Å². The van der Waals surface area contributed by atoms with Crippen LogP contribution in [-0.2, 0) is 20.9 Å². The Balaban J connectivity index is 1.82. The molecule has 7 nitrogen and oxygen atoms in total. The van der Waals surface area contributed by atoms with Crippen LogP contribution in [0, 0.1) is 6.92 Å². The number of nitrogens with one attached hydrogen (secondary N) is 1. The quantitative estimate of drug-likeness (QED) is 0.664. The molecule has 2 aromatic carbocycles. The minimum absolute atomic E-state index is 0.115. The fourth-order valence-corrected chi connectivity index (χ4v) is 2.79. The Bertz CT molecular complexity index is 1090. The van der Waals surface area contributed by atoms with Crippen molar-refractivity contribution in [3.63, 3.8) is 0 Å². The van der Waals surface area contributed by atoms with Gasteiger partial charge in [-0.15, -0.1) is 0 Å². The topological polar surface area (TPSA) is 86.6 Å². The maximum Gasteiger partial charge on any atom is 0.343 e. The molecule has 0 aliphatic heterocycles. The standard InChI is InChI=1S/C21H20N2O5/c1-14-6-3-4-8-17(14)22-19(24)12-23-11-10-15-16(21(23)26)7-5-9-18(15)28-13-20(25)27-2/h3-11H,12-13H2,1-2H3,(H,22,24). The summed E-state index contributed by atoms with van der Waals surface area (Å²) in [5, 5.41) is 3.77. The fraction of sp³-hybridized carbons (Fsp3) is 0.190. The molecule has 3 rings (SSSR count). The van der Waals surface area contributed by atoms with Crippen molar-refractivity contribution in [2.24, 2.45) is 0 Å². The van der Waals surface area contributed by atoms with Crippen LogP contribution in [0.2, 0.25) is 0 Å². The lowest BCUT2D eigenvalue weighted by atomic mass is 10.1. The molecule has 0 radical (unpaired) electrons. The maximum atomic E-state index is 12.8. The van der Waals surface area contributed by atoms with Gasteiger partial charge in [0.25, 0.3) is 5.56 Å². The van der Waals surface area contributed by atoms with Crippen LogP contribution in [0.15, 0.2) is 59.5 Å². The summed E-state index contributed by atoms with van der Waals surface area (Å²) >= 11 is 0. The van der Waals surface area contributed by atoms with Gasteiger partial charge in [0.2, 0.25) is 5.91 Å². The lowest BCUT2D eigenvalue weighted by Gasteiger charge is -2.12. The Morgan fingerprint density at radius 2 is 1.82 bits per heavy atom. The molecule has 1 aromatic heterocycles. The average Bonchev–Trinajstić information content (AvgIpc) is 2.70. The normalized spacial score (nSPS) is 10.5. The average molecular weight is 380 g/mol. The highest BCUT2D eigenvalue weighted by atomic mass is 16.6. The molecule has 0 saturated heterocycles. The maximum absolute atomic E-state index is 12.8. The zero-order valence-corrected chi connectivity index (χ0v) is 15.6. The number of fused-ring (bicyclic) bond motifs is 1. The highest BCUT2D eigenvalue weighted by Crippen LogP contribution is 2.23. The van der Waals surface area contributed by atoms with Crippen LogP contribution >= 0.6 is 0 Å². The Morgan fingerprint density at radius 3 is 2.57 bits per heavy atom. The second kappa shape index (κ2) is 8.39. The van der Waals surface area contributed by atoms with Gasteiger partial charge in [0.15, 0.2) is 6.61 Å². The number of para-hydroxylation sites is 1. The number of nitrogens with zero attached hydrogens (tertiary/aromatic N) is 1. The van der Waals surface area contributed by atoms with Crippen LogP contribution < -0.4 is 15.6 Å². The third kappa shape index (κ3) is 4.20. The number of anilines is 1. The van der Waals surface area contributed by atoms with E-state index in [0.717, 1.165) is 5.56 Å². The summed E-state index contributed by atoms with van der Waals surface area (Å²) in [6, 6.07) is 14.1.